The number of hydrogen-bond acceptors (Lipinski definition) is 3. The number of unbranched alkanes of at least 4 members (excludes halogenated alkanes) is 3. The minimum absolute atomic E-state index is 0.210. The maximum Gasteiger partial charge on any atom is 0.223 e. The van der Waals surface area contributed by atoms with Gasteiger partial charge in [0.25, 0.3) is 0 Å². The third-order valence-corrected chi connectivity index (χ3v) is 7.72. The maximum atomic E-state index is 12.5. The average molecular weight is 462 g/mol. The molecule has 2 aliphatic carbocycles. The molecule has 1 fully saturated rings. The molecule has 0 aromatic heterocycles. The van der Waals surface area contributed by atoms with E-state index in [0.717, 1.165) is 57.8 Å². The summed E-state index contributed by atoms with van der Waals surface area (Å²) >= 11 is 0. The van der Waals surface area contributed by atoms with Gasteiger partial charge in [-0.1, -0.05) is 50.0 Å². The van der Waals surface area contributed by atoms with Crippen LogP contribution in [-0.4, -0.2) is 44.8 Å². The Bertz CT molecular complexity index is 656. The van der Waals surface area contributed by atoms with Gasteiger partial charge in [0.15, 0.2) is 0 Å². The summed E-state index contributed by atoms with van der Waals surface area (Å²) in [6, 6.07) is 0.528. The third kappa shape index (κ3) is 8.55. The number of aliphatic hydroxyl groups excluding tert-OH is 1. The van der Waals surface area contributed by atoms with Gasteiger partial charge in [-0.2, -0.15) is 0 Å². The minimum Gasteiger partial charge on any atom is -0.392 e. The van der Waals surface area contributed by atoms with E-state index in [-0.39, 0.29) is 30.0 Å². The first kappa shape index (κ1) is 28.1. The predicted molar refractivity (Wildman–Crippen MR) is 138 cm³/mol. The lowest BCUT2D eigenvalue weighted by molar-refractivity contribution is -0.134. The smallest absolute Gasteiger partial charge is 0.223 e. The zero-order chi connectivity index (χ0) is 24.6. The molecule has 33 heavy (non-hydrogen) atoms. The first-order chi connectivity index (χ1) is 15.6. The number of fused-ring (bicyclic) bond motifs is 1. The van der Waals surface area contributed by atoms with Gasteiger partial charge in [0, 0.05) is 24.4 Å². The van der Waals surface area contributed by atoms with Crippen LogP contribution in [0, 0.1) is 17.8 Å². The van der Waals surface area contributed by atoms with E-state index in [4.69, 9.17) is 0 Å². The van der Waals surface area contributed by atoms with Crippen LogP contribution < -0.4 is 0 Å². The Morgan fingerprint density at radius 3 is 2.52 bits per heavy atom. The van der Waals surface area contributed by atoms with Crippen LogP contribution in [0.3, 0.4) is 0 Å². The van der Waals surface area contributed by atoms with Crippen LogP contribution >= 0.6 is 0 Å². The highest BCUT2D eigenvalue weighted by Gasteiger charge is 2.43. The van der Waals surface area contributed by atoms with Gasteiger partial charge >= 0.3 is 0 Å². The Balaban J connectivity index is 1.73. The fourth-order valence-electron chi connectivity index (χ4n) is 6.04. The first-order valence-corrected chi connectivity index (χ1v) is 13.6. The summed E-state index contributed by atoms with van der Waals surface area (Å²) in [6.07, 6.45) is 17.1. The Kier molecular flexibility index (Phi) is 11.2. The van der Waals surface area contributed by atoms with E-state index in [1.807, 2.05) is 11.8 Å². The molecule has 0 aromatic carbocycles. The van der Waals surface area contributed by atoms with E-state index in [1.165, 1.54) is 0 Å². The first-order valence-electron chi connectivity index (χ1n) is 13.6. The van der Waals surface area contributed by atoms with Gasteiger partial charge in [0.2, 0.25) is 5.91 Å². The molecule has 4 nitrogen and oxygen atoms in total. The van der Waals surface area contributed by atoms with Crippen molar-refractivity contribution < 1.29 is 15.0 Å². The molecular formula is C29H51NO3. The van der Waals surface area contributed by atoms with E-state index < -0.39 is 5.60 Å². The van der Waals surface area contributed by atoms with Crippen molar-refractivity contribution in [1.29, 1.82) is 0 Å². The van der Waals surface area contributed by atoms with E-state index in [9.17, 15) is 15.0 Å². The summed E-state index contributed by atoms with van der Waals surface area (Å²) in [5.41, 5.74) is 0.902. The molecule has 0 spiro atoms. The van der Waals surface area contributed by atoms with Gasteiger partial charge in [-0.15, -0.1) is 0 Å². The number of rotatable bonds is 14. The number of hydrogen-bond donors (Lipinski definition) is 2. The van der Waals surface area contributed by atoms with Crippen LogP contribution in [-0.2, 0) is 4.79 Å². The monoisotopic (exact) mass is 461 g/mol. The molecule has 1 saturated carbocycles. The largest absolute Gasteiger partial charge is 0.392 e. The van der Waals surface area contributed by atoms with Gasteiger partial charge in [-0.3, -0.25) is 4.79 Å². The number of aliphatic hydroxyl groups is 2. The van der Waals surface area contributed by atoms with Crippen molar-refractivity contribution in [2.24, 2.45) is 17.8 Å². The van der Waals surface area contributed by atoms with Crippen molar-refractivity contribution in [3.8, 4) is 0 Å². The average Bonchev–Trinajstić information content (AvgIpc) is 3.22. The predicted octanol–water partition coefficient (Wildman–Crippen LogP) is 6.41. The fraction of sp³-hybridized carbons (Fsp3) is 0.828. The molecule has 4 heteroatoms. The number of amides is 1. The number of allylic oxidation sites excluding steroid dienone is 2. The van der Waals surface area contributed by atoms with Crippen molar-refractivity contribution in [2.75, 3.05) is 0 Å². The second-order valence-corrected chi connectivity index (χ2v) is 11.5. The summed E-state index contributed by atoms with van der Waals surface area (Å²) in [5.74, 6) is 1.50. The summed E-state index contributed by atoms with van der Waals surface area (Å²) in [4.78, 5) is 14.5. The Hall–Kier alpha value is -1.13. The van der Waals surface area contributed by atoms with Gasteiger partial charge < -0.3 is 15.1 Å². The SMILES string of the molecule is CCCC[C@](C)(O)CC=C[C@@H]1[C@H]2CC(CCCCCC(=O)N(C(C)C)C(C)C)=C[C@H]2C[C@H]1O. The molecule has 2 rings (SSSR count). The lowest BCUT2D eigenvalue weighted by atomic mass is 9.87. The summed E-state index contributed by atoms with van der Waals surface area (Å²) in [6.45, 7) is 12.4. The van der Waals surface area contributed by atoms with Crippen LogP contribution in [0.4, 0.5) is 0 Å². The quantitative estimate of drug-likeness (QED) is 0.232. The van der Waals surface area contributed by atoms with E-state index >= 15 is 0 Å². The lowest BCUT2D eigenvalue weighted by Gasteiger charge is -2.30. The molecule has 5 atom stereocenters. The van der Waals surface area contributed by atoms with Gasteiger partial charge in [-0.25, -0.2) is 0 Å². The van der Waals surface area contributed by atoms with Crippen molar-refractivity contribution in [1.82, 2.24) is 4.90 Å². The topological polar surface area (TPSA) is 60.8 Å². The molecule has 0 bridgehead atoms. The molecule has 0 unspecified atom stereocenters. The molecule has 2 aliphatic rings. The molecule has 190 valence electrons. The second kappa shape index (κ2) is 13.1. The Labute approximate surface area is 203 Å². The molecule has 0 saturated heterocycles. The van der Waals surface area contributed by atoms with E-state index in [0.29, 0.717) is 24.7 Å². The molecule has 2 N–H and O–H groups in total. The zero-order valence-corrected chi connectivity index (χ0v) is 22.2. The number of carbonyl (C=O) groups is 1. The molecule has 0 radical (unpaired) electrons. The lowest BCUT2D eigenvalue weighted by Crippen LogP contribution is -2.41. The zero-order valence-electron chi connectivity index (χ0n) is 22.2. The van der Waals surface area contributed by atoms with Crippen LogP contribution in [0.25, 0.3) is 0 Å². The van der Waals surface area contributed by atoms with Gasteiger partial charge in [0.05, 0.1) is 11.7 Å². The van der Waals surface area contributed by atoms with Crippen molar-refractivity contribution in [3.05, 3.63) is 23.8 Å². The number of nitrogens with zero attached hydrogens (tertiary/aromatic N) is 1. The van der Waals surface area contributed by atoms with Crippen molar-refractivity contribution in [3.63, 3.8) is 0 Å². The van der Waals surface area contributed by atoms with Gasteiger partial charge in [0.1, 0.15) is 0 Å². The number of carbonyl (C=O) groups excluding carboxylic acids is 1. The molecule has 0 aromatic rings. The highest BCUT2D eigenvalue weighted by Crippen LogP contribution is 2.48. The van der Waals surface area contributed by atoms with Crippen LogP contribution in [0.1, 0.15) is 112 Å². The maximum absolute atomic E-state index is 12.5. The normalized spacial score (nSPS) is 26.8. The molecule has 0 aliphatic heterocycles. The van der Waals surface area contributed by atoms with Crippen molar-refractivity contribution >= 4 is 5.91 Å². The summed E-state index contributed by atoms with van der Waals surface area (Å²) < 4.78 is 0. The van der Waals surface area contributed by atoms with Crippen LogP contribution in [0.15, 0.2) is 23.8 Å². The van der Waals surface area contributed by atoms with Gasteiger partial charge in [-0.05, 0) is 91.4 Å². The molecule has 1 amide bonds. The molecule has 0 heterocycles. The molecular weight excluding hydrogens is 410 g/mol. The third-order valence-electron chi connectivity index (χ3n) is 7.72. The second-order valence-electron chi connectivity index (χ2n) is 11.5. The van der Waals surface area contributed by atoms with E-state index in [1.54, 1.807) is 5.57 Å². The summed E-state index contributed by atoms with van der Waals surface area (Å²) in [5, 5.41) is 21.1. The summed E-state index contributed by atoms with van der Waals surface area (Å²) in [7, 11) is 0. The van der Waals surface area contributed by atoms with E-state index in [2.05, 4.69) is 52.8 Å². The fourth-order valence-corrected chi connectivity index (χ4v) is 6.04. The standard InChI is InChI=1S/C29H51NO3/c1-7-8-16-29(6,33)17-12-14-25-26-19-23(18-24(26)20-27(25)31)13-10-9-11-15-28(32)30(21(2)3)22(4)5/h12,14,18,21-22,24-27,31,33H,7-11,13,15-17,19-20H2,1-6H3/t24-,25+,26-,27+,29-/m0/s1. The van der Waals surface area contributed by atoms with Crippen LogP contribution in [0.5, 0.6) is 0 Å². The van der Waals surface area contributed by atoms with Crippen LogP contribution in [0.2, 0.25) is 0 Å². The highest BCUT2D eigenvalue weighted by molar-refractivity contribution is 5.76. The Morgan fingerprint density at radius 2 is 1.88 bits per heavy atom. The van der Waals surface area contributed by atoms with Crippen molar-refractivity contribution in [2.45, 2.75) is 136 Å². The highest BCUT2D eigenvalue weighted by atomic mass is 16.3. The minimum atomic E-state index is -0.642. The Morgan fingerprint density at radius 1 is 1.18 bits per heavy atom.